The van der Waals surface area contributed by atoms with Gasteiger partial charge >= 0.3 is 11.9 Å². The minimum absolute atomic E-state index is 0.149. The van der Waals surface area contributed by atoms with E-state index >= 15 is 0 Å². The van der Waals surface area contributed by atoms with Crippen LogP contribution in [0.2, 0.25) is 0 Å². The maximum Gasteiger partial charge on any atom is 0.351 e. The molecule has 178 valence electrons. The van der Waals surface area contributed by atoms with E-state index in [1.807, 2.05) is 24.3 Å². The van der Waals surface area contributed by atoms with E-state index in [2.05, 4.69) is 21.2 Å². The molecule has 3 rings (SSSR count). The number of carbonyl (C=O) groups is 3. The zero-order valence-corrected chi connectivity index (χ0v) is 21.1. The third kappa shape index (κ3) is 6.43. The van der Waals surface area contributed by atoms with Crippen molar-refractivity contribution in [2.24, 2.45) is 5.92 Å². The lowest BCUT2D eigenvalue weighted by Crippen LogP contribution is -2.42. The third-order valence-corrected chi connectivity index (χ3v) is 8.01. The van der Waals surface area contributed by atoms with E-state index in [4.69, 9.17) is 14.6 Å². The summed E-state index contributed by atoms with van der Waals surface area (Å²) in [6, 6.07) is 7.65. The molecule has 0 aliphatic heterocycles. The number of aliphatic carboxylic acids is 1. The quantitative estimate of drug-likeness (QED) is 0.408. The number of ketones is 1. The largest absolute Gasteiger partial charge is 0.479 e. The van der Waals surface area contributed by atoms with Gasteiger partial charge in [-0.25, -0.2) is 9.59 Å². The third-order valence-electron chi connectivity index (χ3n) is 5.79. The van der Waals surface area contributed by atoms with Gasteiger partial charge in [-0.2, -0.15) is 0 Å². The summed E-state index contributed by atoms with van der Waals surface area (Å²) in [5.74, 6) is -1.04. The zero-order chi connectivity index (χ0) is 24.0. The Hall–Kier alpha value is -2.23. The number of hydrogen-bond acceptors (Lipinski definition) is 7. The number of halogens is 1. The van der Waals surface area contributed by atoms with Crippen LogP contribution in [0.3, 0.4) is 0 Å². The predicted molar refractivity (Wildman–Crippen MR) is 130 cm³/mol. The van der Waals surface area contributed by atoms with Crippen LogP contribution in [0, 0.1) is 5.92 Å². The fraction of sp³-hybridized carbons (Fsp3) is 0.458. The van der Waals surface area contributed by atoms with Crippen molar-refractivity contribution in [3.05, 3.63) is 39.2 Å². The van der Waals surface area contributed by atoms with Crippen molar-refractivity contribution in [1.82, 2.24) is 5.32 Å². The molecular weight excluding hydrogens is 510 g/mol. The van der Waals surface area contributed by atoms with Crippen LogP contribution in [0.25, 0.3) is 10.4 Å². The Bertz CT molecular complexity index is 1010. The lowest BCUT2D eigenvalue weighted by atomic mass is 9.82. The number of carbonyl (C=O) groups excluding carboxylic acids is 2. The van der Waals surface area contributed by atoms with Crippen molar-refractivity contribution in [3.8, 4) is 16.2 Å². The van der Waals surface area contributed by atoms with Crippen molar-refractivity contribution >= 4 is 45.0 Å². The maximum atomic E-state index is 12.3. The topological polar surface area (TPSA) is 102 Å². The molecule has 0 radical (unpaired) electrons. The fourth-order valence-corrected chi connectivity index (χ4v) is 6.20. The molecule has 0 bridgehead atoms. The Labute approximate surface area is 205 Å². The number of rotatable bonds is 10. The van der Waals surface area contributed by atoms with E-state index in [0.29, 0.717) is 16.9 Å². The van der Waals surface area contributed by atoms with E-state index in [1.54, 1.807) is 6.92 Å². The normalized spacial score (nSPS) is 15.1. The molecule has 1 atom stereocenters. The van der Waals surface area contributed by atoms with Crippen LogP contribution in [0.4, 0.5) is 0 Å². The molecular formula is C24H28BrNO6S. The second-order valence-electron chi connectivity index (χ2n) is 8.15. The second kappa shape index (κ2) is 11.8. The summed E-state index contributed by atoms with van der Waals surface area (Å²) in [6.07, 6.45) is 5.74. The zero-order valence-electron chi connectivity index (χ0n) is 18.7. The molecule has 1 aromatic heterocycles. The lowest BCUT2D eigenvalue weighted by molar-refractivity contribution is -0.139. The molecule has 2 N–H and O–H groups in total. The highest BCUT2D eigenvalue weighted by atomic mass is 79.9. The number of benzene rings is 1. The van der Waals surface area contributed by atoms with Crippen LogP contribution in [0.15, 0.2) is 28.7 Å². The highest BCUT2D eigenvalue weighted by molar-refractivity contribution is 9.10. The molecule has 33 heavy (non-hydrogen) atoms. The number of methoxy groups -OCH3 is 1. The number of esters is 1. The highest BCUT2D eigenvalue weighted by Gasteiger charge is 2.27. The monoisotopic (exact) mass is 537 g/mol. The minimum Gasteiger partial charge on any atom is -0.479 e. The van der Waals surface area contributed by atoms with Crippen LogP contribution in [-0.4, -0.2) is 42.6 Å². The fourth-order valence-electron chi connectivity index (χ4n) is 4.23. The predicted octanol–water partition coefficient (Wildman–Crippen LogP) is 5.06. The van der Waals surface area contributed by atoms with E-state index in [9.17, 15) is 14.4 Å². The van der Waals surface area contributed by atoms with E-state index in [-0.39, 0.29) is 22.5 Å². The second-order valence-corrected chi connectivity index (χ2v) is 9.96. The summed E-state index contributed by atoms with van der Waals surface area (Å²) in [7, 11) is 1.26. The summed E-state index contributed by atoms with van der Waals surface area (Å²) in [4.78, 5) is 36.4. The van der Waals surface area contributed by atoms with Crippen LogP contribution >= 0.6 is 27.3 Å². The minimum atomic E-state index is -1.14. The van der Waals surface area contributed by atoms with Crippen molar-refractivity contribution < 1.29 is 29.0 Å². The van der Waals surface area contributed by atoms with Gasteiger partial charge in [0.2, 0.25) is 0 Å². The molecule has 1 fully saturated rings. The number of thiophene rings is 1. The molecule has 2 aromatic rings. The van der Waals surface area contributed by atoms with Crippen LogP contribution in [0.5, 0.6) is 5.75 Å². The lowest BCUT2D eigenvalue weighted by Gasteiger charge is -2.29. The van der Waals surface area contributed by atoms with Gasteiger partial charge in [-0.05, 0) is 58.8 Å². The van der Waals surface area contributed by atoms with E-state index in [0.717, 1.165) is 28.8 Å². The summed E-state index contributed by atoms with van der Waals surface area (Å²) in [5, 5.41) is 12.4. The van der Waals surface area contributed by atoms with E-state index in [1.165, 1.54) is 37.7 Å². The number of carboxylic acids is 1. The Kier molecular flexibility index (Phi) is 9.05. The number of ether oxygens (including phenoxy) is 2. The number of carboxylic acid groups (broad SMARTS) is 1. The van der Waals surface area contributed by atoms with Crippen molar-refractivity contribution in [2.45, 2.75) is 51.6 Å². The molecule has 0 saturated heterocycles. The average molecular weight is 538 g/mol. The van der Waals surface area contributed by atoms with Crippen LogP contribution < -0.4 is 10.1 Å². The number of Topliss-reactive ketones (excluding diaryl/α,β-unsaturated/α-hetero) is 1. The molecule has 7 nitrogen and oxygen atoms in total. The van der Waals surface area contributed by atoms with E-state index < -0.39 is 18.5 Å². The van der Waals surface area contributed by atoms with Crippen molar-refractivity contribution in [2.75, 3.05) is 13.7 Å². The molecule has 0 spiro atoms. The molecule has 9 heteroatoms. The molecule has 1 unspecified atom stereocenters. The van der Waals surface area contributed by atoms with Gasteiger partial charge in [0, 0.05) is 6.54 Å². The van der Waals surface area contributed by atoms with Gasteiger partial charge in [0.05, 0.1) is 22.5 Å². The molecule has 1 heterocycles. The highest BCUT2D eigenvalue weighted by Crippen LogP contribution is 2.46. The summed E-state index contributed by atoms with van der Waals surface area (Å²) >= 11 is 4.64. The van der Waals surface area contributed by atoms with Crippen LogP contribution in [-0.2, 0) is 20.9 Å². The summed E-state index contributed by atoms with van der Waals surface area (Å²) < 4.78 is 10.7. The number of nitrogens with one attached hydrogen (secondary N) is 1. The Morgan fingerprint density at radius 1 is 1.24 bits per heavy atom. The summed E-state index contributed by atoms with van der Waals surface area (Å²) in [5.41, 5.74) is 1.85. The standard InChI is InChI=1S/C24H28BrNO6S/c1-14(27)20(16-8-4-3-5-9-16)26-12-15-7-6-10-17(11-15)22-19(25)21(32-13-18(28)29)23(33-22)24(30)31-2/h6-7,10-11,16,20,26H,3-5,8-9,12-13H2,1-2H3,(H,28,29). The smallest absolute Gasteiger partial charge is 0.351 e. The Morgan fingerprint density at radius 3 is 2.61 bits per heavy atom. The van der Waals surface area contributed by atoms with Gasteiger partial charge in [0.25, 0.3) is 0 Å². The average Bonchev–Trinajstić information content (AvgIpc) is 3.14. The van der Waals surface area contributed by atoms with Gasteiger partial charge < -0.3 is 19.9 Å². The Morgan fingerprint density at radius 2 is 1.97 bits per heavy atom. The van der Waals surface area contributed by atoms with Crippen LogP contribution in [0.1, 0.15) is 54.3 Å². The number of hydrogen-bond donors (Lipinski definition) is 2. The maximum absolute atomic E-state index is 12.3. The van der Waals surface area contributed by atoms with Gasteiger partial charge in [-0.3, -0.25) is 4.79 Å². The molecule has 1 saturated carbocycles. The van der Waals surface area contributed by atoms with Gasteiger partial charge in [-0.15, -0.1) is 11.3 Å². The molecule has 1 aliphatic carbocycles. The van der Waals surface area contributed by atoms with Gasteiger partial charge in [-0.1, -0.05) is 37.5 Å². The first-order valence-corrected chi connectivity index (χ1v) is 12.5. The van der Waals surface area contributed by atoms with Gasteiger partial charge in [0.1, 0.15) is 5.78 Å². The molecule has 0 amide bonds. The van der Waals surface area contributed by atoms with Crippen molar-refractivity contribution in [3.63, 3.8) is 0 Å². The first-order chi connectivity index (χ1) is 15.8. The first kappa shape index (κ1) is 25.4. The van der Waals surface area contributed by atoms with Crippen molar-refractivity contribution in [1.29, 1.82) is 0 Å². The SMILES string of the molecule is COC(=O)c1sc(-c2cccc(CNC(C(C)=O)C3CCCCC3)c2)c(Br)c1OCC(=O)O. The molecule has 1 aromatic carbocycles. The summed E-state index contributed by atoms with van der Waals surface area (Å²) in [6.45, 7) is 1.62. The molecule has 1 aliphatic rings. The van der Waals surface area contributed by atoms with Gasteiger partial charge in [0.15, 0.2) is 17.2 Å². The Balaban J connectivity index is 1.83. The first-order valence-electron chi connectivity index (χ1n) is 10.9.